The first-order valence-electron chi connectivity index (χ1n) is 0.408. The van der Waals surface area contributed by atoms with Crippen LogP contribution in [0.2, 0.25) is 0 Å². The van der Waals surface area contributed by atoms with Crippen LogP contribution < -0.4 is 71.9 Å². The van der Waals surface area contributed by atoms with Crippen LogP contribution in [-0.2, 0) is 29.1 Å². The van der Waals surface area contributed by atoms with Crippen molar-refractivity contribution in [1.29, 1.82) is 0 Å². The zero-order valence-electron chi connectivity index (χ0n) is 3.28. The smallest absolute Gasteiger partial charge is 1.00 e. The van der Waals surface area contributed by atoms with Gasteiger partial charge in [0.1, 0.15) is 0 Å². The number of rotatable bonds is 0. The predicted molar refractivity (Wildman–Crippen MR) is 11.4 cm³/mol. The first-order chi connectivity index (χ1) is 2.00. The van der Waals surface area contributed by atoms with Crippen LogP contribution >= 0.6 is 0 Å². The summed E-state index contributed by atoms with van der Waals surface area (Å²) in [6.45, 7) is 9.00. The van der Waals surface area contributed by atoms with E-state index in [1.807, 2.05) is 0 Å². The normalized spacial score (nSPS) is 1.00. The summed E-state index contributed by atoms with van der Waals surface area (Å²) in [7, 11) is 0. The van der Waals surface area contributed by atoms with Crippen LogP contribution in [0.1, 0.15) is 0 Å². The third kappa shape index (κ3) is 90.0. The molecule has 0 atom stereocenters. The average Bonchev–Trinajstić information content (AvgIpc) is 1.50. The summed E-state index contributed by atoms with van der Waals surface area (Å²) >= 11 is 0. The zero-order chi connectivity index (χ0) is 4.00. The van der Waals surface area contributed by atoms with Crippen molar-refractivity contribution < 1.29 is 101 Å². The molecule has 0 spiro atoms. The van der Waals surface area contributed by atoms with Crippen molar-refractivity contribution in [1.82, 2.24) is 0 Å². The summed E-state index contributed by atoms with van der Waals surface area (Å²) in [5.74, 6) is 0. The minimum absolute atomic E-state index is 0. The van der Waals surface area contributed by atoms with E-state index in [0.717, 1.165) is 0 Å². The van der Waals surface area contributed by atoms with Gasteiger partial charge in [-0.25, -0.2) is 0 Å². The molecule has 8 heavy (non-hydrogen) atoms. The summed E-state index contributed by atoms with van der Waals surface area (Å²) in [6.07, 6.45) is 0. The summed E-state index contributed by atoms with van der Waals surface area (Å²) in [5.41, 5.74) is 0. The summed E-state index contributed by atoms with van der Waals surface area (Å²) in [5, 5.41) is 0. The Morgan fingerprint density at radius 3 is 0.625 bits per heavy atom. The molecule has 4 radical (unpaired) electrons. The molecule has 0 aromatic heterocycles. The molecule has 0 fully saturated rings. The van der Waals surface area contributed by atoms with E-state index in [1.165, 1.54) is 0 Å². The second-order valence-electron chi connectivity index (χ2n) is 0. The summed E-state index contributed by atoms with van der Waals surface area (Å²) in [4.78, 5) is 15.0. The maximum Gasteiger partial charge on any atom is 3.00 e. The molecule has 0 heterocycles. The molecule has 0 aromatic rings. The second-order valence-corrected chi connectivity index (χ2v) is 0. The van der Waals surface area contributed by atoms with Gasteiger partial charge in [-0.05, 0) is 0 Å². The molecule has 0 aromatic carbocycles. The number of halogens is 3. The Hall–Kier alpha value is 2.15. The molecule has 6 heteroatoms. The van der Waals surface area contributed by atoms with E-state index in [0.29, 0.717) is 0 Å². The van der Waals surface area contributed by atoms with Crippen LogP contribution in [0.5, 0.6) is 0 Å². The summed E-state index contributed by atoms with van der Waals surface area (Å²) in [6, 6.07) is 0. The Kier molecular flexibility index (Phi) is 809. The van der Waals surface area contributed by atoms with Gasteiger partial charge in [0.2, 0.25) is 0 Å². The Morgan fingerprint density at radius 1 is 0.625 bits per heavy atom. The molecule has 0 aliphatic carbocycles. The fourth-order valence-electron chi connectivity index (χ4n) is 0. The van der Waals surface area contributed by atoms with Crippen LogP contribution in [0.25, 0.3) is 0 Å². The van der Waals surface area contributed by atoms with Crippen molar-refractivity contribution in [3.05, 3.63) is 0 Å². The van der Waals surface area contributed by atoms with Gasteiger partial charge in [-0.3, -0.25) is 9.59 Å². The number of carbonyl (C=O) groups excluding carboxylic acids is 2. The third-order valence-corrected chi connectivity index (χ3v) is 0. The molecule has 0 saturated carbocycles. The van der Waals surface area contributed by atoms with Gasteiger partial charge in [-0.2, -0.15) is 0 Å². The van der Waals surface area contributed by atoms with E-state index in [2.05, 4.69) is 13.6 Å². The maximum absolute atomic E-state index is 7.50. The molecule has 2 nitrogen and oxygen atoms in total. The van der Waals surface area contributed by atoms with Crippen molar-refractivity contribution in [2.75, 3.05) is 0 Å². The quantitative estimate of drug-likeness (QED) is 0.227. The largest absolute Gasteiger partial charge is 3.00 e. The van der Waals surface area contributed by atoms with Crippen LogP contribution in [0.3, 0.4) is 0 Å². The van der Waals surface area contributed by atoms with Crippen molar-refractivity contribution in [3.8, 4) is 0 Å². The van der Waals surface area contributed by atoms with Gasteiger partial charge in [0, 0.05) is 0 Å². The first-order valence-corrected chi connectivity index (χ1v) is 0.408. The fraction of sp³-hybridized carbons (Fsp3) is 0. The van der Waals surface area contributed by atoms with Crippen LogP contribution in [0, 0.1) is 0 Å². The standard InChI is InChI=1S/2CO.3HI.Rh/c2*1-2;;;;/h;;3*1H;/q;;;;;+3/p-3. The first kappa shape index (κ1) is 49.3. The molecule has 0 amide bonds. The molecule has 0 N–H and O–H groups in total. The minimum Gasteiger partial charge on any atom is -1.00 e. The molecule has 0 rings (SSSR count). The topological polar surface area (TPSA) is 34.1 Å². The van der Waals surface area contributed by atoms with Crippen molar-refractivity contribution in [2.45, 2.75) is 0 Å². The van der Waals surface area contributed by atoms with E-state index in [4.69, 9.17) is 9.59 Å². The van der Waals surface area contributed by atoms with Crippen molar-refractivity contribution >= 4 is 13.6 Å². The molecular formula is C2I3O2Rh. The van der Waals surface area contributed by atoms with Gasteiger partial charge in [-0.15, -0.1) is 0 Å². The Balaban J connectivity index is -0.00000000167. The molecule has 0 bridgehead atoms. The van der Waals surface area contributed by atoms with E-state index in [1.54, 1.807) is 0 Å². The van der Waals surface area contributed by atoms with Crippen molar-refractivity contribution in [2.24, 2.45) is 0 Å². The average molecular weight is 540 g/mol. The van der Waals surface area contributed by atoms with E-state index < -0.39 is 0 Å². The van der Waals surface area contributed by atoms with Crippen LogP contribution in [-0.4, -0.2) is 13.6 Å². The van der Waals surface area contributed by atoms with E-state index in [9.17, 15) is 0 Å². The van der Waals surface area contributed by atoms with Gasteiger partial charge >= 0.3 is 19.5 Å². The van der Waals surface area contributed by atoms with Gasteiger partial charge in [0.15, 0.2) is 0 Å². The zero-order valence-corrected chi connectivity index (χ0v) is 11.4. The molecule has 50 valence electrons. The van der Waals surface area contributed by atoms with Crippen molar-refractivity contribution in [3.63, 3.8) is 0 Å². The fourth-order valence-corrected chi connectivity index (χ4v) is 0. The molecule has 0 aliphatic rings. The SMILES string of the molecule is [C]=O.[C]=O.[I-].[I-].[I-].[Rh+3]. The molecule has 0 aliphatic heterocycles. The van der Waals surface area contributed by atoms with E-state index >= 15 is 0 Å². The number of hydrogen-bond donors (Lipinski definition) is 0. The monoisotopic (exact) mass is 540 g/mol. The van der Waals surface area contributed by atoms with Gasteiger partial charge in [0.25, 0.3) is 13.6 Å². The van der Waals surface area contributed by atoms with Gasteiger partial charge in [-0.1, -0.05) is 0 Å². The Labute approximate surface area is 113 Å². The van der Waals surface area contributed by atoms with Crippen LogP contribution in [0.4, 0.5) is 0 Å². The maximum atomic E-state index is 7.50. The Morgan fingerprint density at radius 2 is 0.625 bits per heavy atom. The molecule has 0 unspecified atom stereocenters. The summed E-state index contributed by atoms with van der Waals surface area (Å²) < 4.78 is 0. The van der Waals surface area contributed by atoms with E-state index in [-0.39, 0.29) is 91.4 Å². The van der Waals surface area contributed by atoms with Gasteiger partial charge < -0.3 is 71.9 Å². The Bertz CT molecular complexity index is 17.2. The minimum atomic E-state index is 0. The third-order valence-electron chi connectivity index (χ3n) is 0. The van der Waals surface area contributed by atoms with Gasteiger partial charge in [0.05, 0.1) is 0 Å². The second kappa shape index (κ2) is 131. The predicted octanol–water partition coefficient (Wildman–Crippen LogP) is -9.78. The molecular weight excluding hydrogens is 540 g/mol. The van der Waals surface area contributed by atoms with Crippen LogP contribution in [0.15, 0.2) is 0 Å². The molecule has 0 saturated heterocycles. The number of hydrogen-bond acceptors (Lipinski definition) is 2.